The Morgan fingerprint density at radius 2 is 1.83 bits per heavy atom. The predicted molar refractivity (Wildman–Crippen MR) is 48.0 cm³/mol. The molecular weight excluding hydrogens is 150 g/mol. The summed E-state index contributed by atoms with van der Waals surface area (Å²) < 4.78 is 0. The number of nitrogens with zero attached hydrogens (tertiary/aromatic N) is 1. The van der Waals surface area contributed by atoms with Gasteiger partial charge in [0.1, 0.15) is 0 Å². The van der Waals surface area contributed by atoms with Crippen molar-refractivity contribution in [2.45, 2.75) is 38.1 Å². The van der Waals surface area contributed by atoms with Gasteiger partial charge in [-0.15, -0.1) is 0 Å². The van der Waals surface area contributed by atoms with Gasteiger partial charge in [-0.25, -0.2) is 0 Å². The van der Waals surface area contributed by atoms with Gasteiger partial charge in [-0.1, -0.05) is 19.3 Å². The molecule has 2 aliphatic rings. The standard InChI is InChI=1S/C10H17NO/c1-11-7-9(11)10(12)8-5-3-2-4-6-8/h8-9H,2-7H2,1H3. The number of rotatable bonds is 2. The molecule has 2 atom stereocenters. The molecule has 1 saturated heterocycles. The molecule has 2 fully saturated rings. The summed E-state index contributed by atoms with van der Waals surface area (Å²) in [6.45, 7) is 1.01. The van der Waals surface area contributed by atoms with Gasteiger partial charge in [-0.2, -0.15) is 0 Å². The molecule has 1 aliphatic heterocycles. The molecule has 68 valence electrons. The van der Waals surface area contributed by atoms with Gasteiger partial charge in [0.15, 0.2) is 5.78 Å². The number of ketones is 1. The summed E-state index contributed by atoms with van der Waals surface area (Å²) in [6, 6.07) is 0.299. The van der Waals surface area contributed by atoms with E-state index in [0.717, 1.165) is 19.4 Å². The molecular formula is C10H17NO. The Bertz CT molecular complexity index is 184. The van der Waals surface area contributed by atoms with Crippen molar-refractivity contribution in [1.82, 2.24) is 4.90 Å². The number of carbonyl (C=O) groups is 1. The van der Waals surface area contributed by atoms with E-state index in [4.69, 9.17) is 0 Å². The molecule has 0 N–H and O–H groups in total. The van der Waals surface area contributed by atoms with Crippen LogP contribution in [0.2, 0.25) is 0 Å². The van der Waals surface area contributed by atoms with Gasteiger partial charge in [-0.05, 0) is 19.9 Å². The molecule has 0 amide bonds. The van der Waals surface area contributed by atoms with Crippen LogP contribution in [0.3, 0.4) is 0 Å². The Morgan fingerprint density at radius 3 is 2.33 bits per heavy atom. The van der Waals surface area contributed by atoms with Crippen molar-refractivity contribution in [1.29, 1.82) is 0 Å². The van der Waals surface area contributed by atoms with E-state index in [1.165, 1.54) is 19.3 Å². The zero-order valence-corrected chi connectivity index (χ0v) is 7.75. The molecule has 2 unspecified atom stereocenters. The smallest absolute Gasteiger partial charge is 0.154 e. The van der Waals surface area contributed by atoms with Gasteiger partial charge in [0, 0.05) is 12.5 Å². The van der Waals surface area contributed by atoms with Crippen molar-refractivity contribution in [2.75, 3.05) is 13.6 Å². The summed E-state index contributed by atoms with van der Waals surface area (Å²) in [7, 11) is 2.03. The van der Waals surface area contributed by atoms with E-state index >= 15 is 0 Å². The summed E-state index contributed by atoms with van der Waals surface area (Å²) in [5.74, 6) is 0.936. The Labute approximate surface area is 73.9 Å². The van der Waals surface area contributed by atoms with E-state index in [-0.39, 0.29) is 0 Å². The van der Waals surface area contributed by atoms with Crippen LogP contribution in [-0.4, -0.2) is 30.3 Å². The molecule has 0 spiro atoms. The van der Waals surface area contributed by atoms with Gasteiger partial charge < -0.3 is 0 Å². The third kappa shape index (κ3) is 1.53. The van der Waals surface area contributed by atoms with Gasteiger partial charge in [0.25, 0.3) is 0 Å². The zero-order chi connectivity index (χ0) is 8.55. The highest BCUT2D eigenvalue weighted by Crippen LogP contribution is 2.29. The van der Waals surface area contributed by atoms with Crippen molar-refractivity contribution in [3.8, 4) is 0 Å². The van der Waals surface area contributed by atoms with Crippen LogP contribution < -0.4 is 0 Å². The molecule has 2 rings (SSSR count). The first-order chi connectivity index (χ1) is 5.79. The Morgan fingerprint density at radius 1 is 1.25 bits per heavy atom. The lowest BCUT2D eigenvalue weighted by Gasteiger charge is -2.19. The fraction of sp³-hybridized carbons (Fsp3) is 0.900. The maximum absolute atomic E-state index is 11.7. The highest BCUT2D eigenvalue weighted by atomic mass is 16.1. The monoisotopic (exact) mass is 167 g/mol. The third-order valence-electron chi connectivity index (χ3n) is 3.20. The first-order valence-electron chi connectivity index (χ1n) is 5.03. The van der Waals surface area contributed by atoms with E-state index in [9.17, 15) is 4.79 Å². The maximum Gasteiger partial charge on any atom is 0.154 e. The van der Waals surface area contributed by atoms with Crippen molar-refractivity contribution >= 4 is 5.78 Å². The highest BCUT2D eigenvalue weighted by molar-refractivity contribution is 5.88. The number of Topliss-reactive ketones (excluding diaryl/α,β-unsaturated/α-hetero) is 1. The van der Waals surface area contributed by atoms with Crippen molar-refractivity contribution in [3.05, 3.63) is 0 Å². The van der Waals surface area contributed by atoms with Crippen LogP contribution in [0.15, 0.2) is 0 Å². The lowest BCUT2D eigenvalue weighted by Crippen LogP contribution is -2.23. The topological polar surface area (TPSA) is 20.1 Å². The largest absolute Gasteiger partial charge is 0.298 e. The average Bonchev–Trinajstić information content (AvgIpc) is 2.83. The van der Waals surface area contributed by atoms with E-state index < -0.39 is 0 Å². The van der Waals surface area contributed by atoms with E-state index in [0.29, 0.717) is 17.7 Å². The quantitative estimate of drug-likeness (QED) is 0.580. The van der Waals surface area contributed by atoms with Gasteiger partial charge >= 0.3 is 0 Å². The van der Waals surface area contributed by atoms with Crippen LogP contribution in [0.1, 0.15) is 32.1 Å². The lowest BCUT2D eigenvalue weighted by molar-refractivity contribution is -0.123. The van der Waals surface area contributed by atoms with Crippen molar-refractivity contribution in [2.24, 2.45) is 5.92 Å². The average molecular weight is 167 g/mol. The Hall–Kier alpha value is -0.370. The molecule has 0 aromatic carbocycles. The van der Waals surface area contributed by atoms with Crippen LogP contribution >= 0.6 is 0 Å². The highest BCUT2D eigenvalue weighted by Gasteiger charge is 2.40. The fourth-order valence-corrected chi connectivity index (χ4v) is 2.19. The summed E-state index contributed by atoms with van der Waals surface area (Å²) >= 11 is 0. The summed E-state index contributed by atoms with van der Waals surface area (Å²) in [5, 5.41) is 0. The van der Waals surface area contributed by atoms with Gasteiger partial charge in [0.2, 0.25) is 0 Å². The lowest BCUT2D eigenvalue weighted by atomic mass is 9.85. The van der Waals surface area contributed by atoms with Gasteiger partial charge in [0.05, 0.1) is 6.04 Å². The van der Waals surface area contributed by atoms with Crippen LogP contribution in [0.25, 0.3) is 0 Å². The van der Waals surface area contributed by atoms with E-state index in [1.807, 2.05) is 7.05 Å². The molecule has 1 saturated carbocycles. The maximum atomic E-state index is 11.7. The van der Waals surface area contributed by atoms with Crippen molar-refractivity contribution in [3.63, 3.8) is 0 Å². The minimum Gasteiger partial charge on any atom is -0.298 e. The molecule has 1 aliphatic carbocycles. The molecule has 0 radical (unpaired) electrons. The number of hydrogen-bond donors (Lipinski definition) is 0. The van der Waals surface area contributed by atoms with Crippen molar-refractivity contribution < 1.29 is 4.79 Å². The second-order valence-electron chi connectivity index (χ2n) is 4.19. The van der Waals surface area contributed by atoms with Crippen LogP contribution in [0, 0.1) is 5.92 Å². The number of likely N-dealkylation sites (N-methyl/N-ethyl adjacent to an activating group) is 1. The number of hydrogen-bond acceptors (Lipinski definition) is 2. The third-order valence-corrected chi connectivity index (χ3v) is 3.20. The molecule has 0 aromatic heterocycles. The summed E-state index contributed by atoms with van der Waals surface area (Å²) in [4.78, 5) is 13.9. The first-order valence-corrected chi connectivity index (χ1v) is 5.03. The Balaban J connectivity index is 1.86. The minimum atomic E-state index is 0.299. The van der Waals surface area contributed by atoms with Crippen LogP contribution in [0.4, 0.5) is 0 Å². The van der Waals surface area contributed by atoms with E-state index in [2.05, 4.69) is 4.90 Å². The SMILES string of the molecule is CN1CC1C(=O)C1CCCCC1. The molecule has 1 heterocycles. The predicted octanol–water partition coefficient (Wildman–Crippen LogP) is 1.45. The molecule has 12 heavy (non-hydrogen) atoms. The first kappa shape index (κ1) is 8.24. The van der Waals surface area contributed by atoms with E-state index in [1.54, 1.807) is 0 Å². The molecule has 2 nitrogen and oxygen atoms in total. The second kappa shape index (κ2) is 3.17. The normalized spacial score (nSPS) is 36.4. The molecule has 0 aromatic rings. The van der Waals surface area contributed by atoms with Crippen LogP contribution in [-0.2, 0) is 4.79 Å². The fourth-order valence-electron chi connectivity index (χ4n) is 2.19. The van der Waals surface area contributed by atoms with Gasteiger partial charge in [-0.3, -0.25) is 9.69 Å². The Kier molecular flexibility index (Phi) is 2.18. The molecule has 0 bridgehead atoms. The summed E-state index contributed by atoms with van der Waals surface area (Å²) in [6.07, 6.45) is 6.19. The number of carbonyl (C=O) groups excluding carboxylic acids is 1. The van der Waals surface area contributed by atoms with Crippen LogP contribution in [0.5, 0.6) is 0 Å². The zero-order valence-electron chi connectivity index (χ0n) is 7.75. The summed E-state index contributed by atoms with van der Waals surface area (Å²) in [5.41, 5.74) is 0. The minimum absolute atomic E-state index is 0.299. The molecule has 2 heteroatoms. The second-order valence-corrected chi connectivity index (χ2v) is 4.19.